The highest BCUT2D eigenvalue weighted by molar-refractivity contribution is 8.00. The fourth-order valence-corrected chi connectivity index (χ4v) is 5.19. The molecule has 0 aliphatic carbocycles. The molecule has 2 aliphatic heterocycles. The molecule has 2 heterocycles. The summed E-state index contributed by atoms with van der Waals surface area (Å²) >= 11 is 1.51. The van der Waals surface area contributed by atoms with Gasteiger partial charge in [0.15, 0.2) is 0 Å². The lowest BCUT2D eigenvalue weighted by atomic mass is 9.89. The van der Waals surface area contributed by atoms with E-state index < -0.39 is 0 Å². The van der Waals surface area contributed by atoms with E-state index in [9.17, 15) is 10.1 Å². The van der Waals surface area contributed by atoms with E-state index in [1.165, 1.54) is 28.8 Å². The Labute approximate surface area is 151 Å². The van der Waals surface area contributed by atoms with Gasteiger partial charge in [0, 0.05) is 18.5 Å². The van der Waals surface area contributed by atoms with E-state index in [1.807, 2.05) is 12.1 Å². The summed E-state index contributed by atoms with van der Waals surface area (Å²) in [6, 6.07) is 14.0. The van der Waals surface area contributed by atoms with Gasteiger partial charge < -0.3 is 9.21 Å². The summed E-state index contributed by atoms with van der Waals surface area (Å²) in [5.41, 5.74) is 4.03. The van der Waals surface area contributed by atoms with E-state index in [2.05, 4.69) is 41.4 Å². The van der Waals surface area contributed by atoms with Crippen molar-refractivity contribution in [3.8, 4) is 0 Å². The van der Waals surface area contributed by atoms with Gasteiger partial charge in [-0.25, -0.2) is 0 Å². The Morgan fingerprint density at radius 2 is 2.04 bits per heavy atom. The monoisotopic (exact) mass is 355 g/mol. The van der Waals surface area contributed by atoms with Gasteiger partial charge >= 0.3 is 0 Å². The molecule has 0 bridgehead atoms. The van der Waals surface area contributed by atoms with Crippen LogP contribution in [0.25, 0.3) is 0 Å². The molecule has 6 heteroatoms. The van der Waals surface area contributed by atoms with Gasteiger partial charge in [-0.1, -0.05) is 29.8 Å². The molecule has 0 spiro atoms. The number of piperidine rings is 1. The summed E-state index contributed by atoms with van der Waals surface area (Å²) in [7, 11) is 2.17. The molecule has 0 amide bonds. The number of fused-ring (bicyclic) bond motifs is 3. The third kappa shape index (κ3) is 2.89. The Hall–Kier alpha value is -2.05. The summed E-state index contributed by atoms with van der Waals surface area (Å²) < 4.78 is 2.31. The van der Waals surface area contributed by atoms with Crippen LogP contribution in [0, 0.1) is 17.0 Å². The van der Waals surface area contributed by atoms with Gasteiger partial charge in [-0.15, -0.1) is 0 Å². The Kier molecular flexibility index (Phi) is 4.17. The van der Waals surface area contributed by atoms with Crippen LogP contribution in [0.2, 0.25) is 0 Å². The highest BCUT2D eigenvalue weighted by Gasteiger charge is 2.42. The van der Waals surface area contributed by atoms with E-state index in [1.54, 1.807) is 12.1 Å². The van der Waals surface area contributed by atoms with Crippen LogP contribution in [0.5, 0.6) is 0 Å². The molecular formula is C19H21N3O2S. The second kappa shape index (κ2) is 6.35. The first-order valence-electron chi connectivity index (χ1n) is 8.54. The van der Waals surface area contributed by atoms with Crippen molar-refractivity contribution in [2.75, 3.05) is 24.4 Å². The van der Waals surface area contributed by atoms with E-state index in [0.717, 1.165) is 19.5 Å². The van der Waals surface area contributed by atoms with Crippen LogP contribution in [0.3, 0.4) is 0 Å². The fraction of sp³-hybridized carbons (Fsp3) is 0.368. The van der Waals surface area contributed by atoms with Crippen LogP contribution in [-0.2, 0) is 0 Å². The first-order chi connectivity index (χ1) is 12.0. The van der Waals surface area contributed by atoms with Crippen molar-refractivity contribution in [3.05, 3.63) is 63.7 Å². The first-order valence-corrected chi connectivity index (χ1v) is 9.31. The van der Waals surface area contributed by atoms with Crippen LogP contribution in [0.1, 0.15) is 23.5 Å². The number of aryl methyl sites for hydroxylation is 1. The minimum Gasteiger partial charge on any atom is -0.308 e. The maximum atomic E-state index is 11.4. The average Bonchev–Trinajstić information content (AvgIpc) is 2.88. The van der Waals surface area contributed by atoms with Gasteiger partial charge in [-0.05, 0) is 56.6 Å². The van der Waals surface area contributed by atoms with Gasteiger partial charge in [-0.3, -0.25) is 10.1 Å². The molecular weight excluding hydrogens is 334 g/mol. The van der Waals surface area contributed by atoms with Gasteiger partial charge in [0.2, 0.25) is 0 Å². The van der Waals surface area contributed by atoms with Crippen LogP contribution in [-0.4, -0.2) is 36.0 Å². The van der Waals surface area contributed by atoms with E-state index >= 15 is 0 Å². The Bertz CT molecular complexity index is 826. The molecule has 2 aromatic rings. The minimum absolute atomic E-state index is 0.178. The average molecular weight is 355 g/mol. The number of hydrogen-bond donors (Lipinski definition) is 0. The molecule has 2 aliphatic rings. The third-order valence-corrected chi connectivity index (χ3v) is 6.37. The zero-order valence-corrected chi connectivity index (χ0v) is 15.2. The van der Waals surface area contributed by atoms with Crippen molar-refractivity contribution >= 4 is 23.3 Å². The Balaban J connectivity index is 1.74. The molecule has 0 aromatic heterocycles. The minimum atomic E-state index is -0.291. The molecule has 2 aromatic carbocycles. The van der Waals surface area contributed by atoms with Crippen molar-refractivity contribution < 1.29 is 4.92 Å². The predicted molar refractivity (Wildman–Crippen MR) is 101 cm³/mol. The summed E-state index contributed by atoms with van der Waals surface area (Å²) in [5.74, 6) is 0.462. The van der Waals surface area contributed by atoms with E-state index in [0.29, 0.717) is 16.9 Å². The zero-order valence-electron chi connectivity index (χ0n) is 14.4. The molecule has 0 saturated carbocycles. The molecule has 2 atom stereocenters. The molecule has 5 nitrogen and oxygen atoms in total. The zero-order chi connectivity index (χ0) is 17.6. The number of nitro benzene ring substituents is 1. The van der Waals surface area contributed by atoms with Crippen molar-refractivity contribution in [2.24, 2.45) is 0 Å². The summed E-state index contributed by atoms with van der Waals surface area (Å²) in [5, 5.41) is 11.4. The Morgan fingerprint density at radius 3 is 2.84 bits per heavy atom. The maximum Gasteiger partial charge on any atom is 0.284 e. The van der Waals surface area contributed by atoms with Crippen LogP contribution < -0.4 is 4.31 Å². The van der Waals surface area contributed by atoms with Crippen LogP contribution >= 0.6 is 11.9 Å². The van der Waals surface area contributed by atoms with Crippen molar-refractivity contribution in [2.45, 2.75) is 30.2 Å². The van der Waals surface area contributed by atoms with Gasteiger partial charge in [0.25, 0.3) is 5.69 Å². The molecule has 0 radical (unpaired) electrons. The van der Waals surface area contributed by atoms with E-state index in [4.69, 9.17) is 0 Å². The summed E-state index contributed by atoms with van der Waals surface area (Å²) in [6.07, 6.45) is 1.07. The number of benzene rings is 2. The van der Waals surface area contributed by atoms with Crippen molar-refractivity contribution in [1.82, 2.24) is 4.90 Å². The molecule has 25 heavy (non-hydrogen) atoms. The normalized spacial score (nSPS) is 22.6. The molecule has 130 valence electrons. The standard InChI is InChI=1S/C19H21N3O2S/c1-13-7-8-16-14(11-13)15-12-20(2)10-9-17(15)21(16)25-19-6-4-3-5-18(19)22(23)24/h3-8,11,15,17H,9-10,12H2,1-2H3/t15-,17+/m0/s1. The van der Waals surface area contributed by atoms with Gasteiger partial charge in [-0.2, -0.15) is 0 Å². The van der Waals surface area contributed by atoms with Crippen LogP contribution in [0.4, 0.5) is 11.4 Å². The maximum absolute atomic E-state index is 11.4. The second-order valence-corrected chi connectivity index (χ2v) is 7.94. The lowest BCUT2D eigenvalue weighted by Crippen LogP contribution is -2.42. The molecule has 0 N–H and O–H groups in total. The fourth-order valence-electron chi connectivity index (χ4n) is 3.95. The number of likely N-dealkylation sites (N-methyl/N-ethyl adjacent to an activating group) is 1. The summed E-state index contributed by atoms with van der Waals surface area (Å²) in [6.45, 7) is 4.22. The van der Waals surface area contributed by atoms with Crippen molar-refractivity contribution in [1.29, 1.82) is 0 Å². The number of nitro groups is 1. The highest BCUT2D eigenvalue weighted by Crippen LogP contribution is 2.50. The first kappa shape index (κ1) is 16.4. The predicted octanol–water partition coefficient (Wildman–Crippen LogP) is 4.22. The molecule has 1 fully saturated rings. The SMILES string of the molecule is Cc1ccc2c(c1)[C@@H]1CN(C)CC[C@H]1N2Sc1ccccc1[N+](=O)[O-]. The Morgan fingerprint density at radius 1 is 1.24 bits per heavy atom. The summed E-state index contributed by atoms with van der Waals surface area (Å²) in [4.78, 5) is 14.2. The van der Waals surface area contributed by atoms with E-state index in [-0.39, 0.29) is 10.6 Å². The molecule has 0 unspecified atom stereocenters. The lowest BCUT2D eigenvalue weighted by molar-refractivity contribution is -0.387. The van der Waals surface area contributed by atoms with Crippen molar-refractivity contribution in [3.63, 3.8) is 0 Å². The third-order valence-electron chi connectivity index (χ3n) is 5.16. The largest absolute Gasteiger partial charge is 0.308 e. The molecule has 1 saturated heterocycles. The molecule has 4 rings (SSSR count). The number of anilines is 1. The number of para-hydroxylation sites is 1. The highest BCUT2D eigenvalue weighted by atomic mass is 32.2. The number of hydrogen-bond acceptors (Lipinski definition) is 5. The number of likely N-dealkylation sites (tertiary alicyclic amines) is 1. The van der Waals surface area contributed by atoms with Gasteiger partial charge in [0.05, 0.1) is 16.7 Å². The lowest BCUT2D eigenvalue weighted by Gasteiger charge is -2.36. The van der Waals surface area contributed by atoms with Crippen LogP contribution in [0.15, 0.2) is 47.4 Å². The smallest absolute Gasteiger partial charge is 0.284 e. The number of rotatable bonds is 3. The number of nitrogens with zero attached hydrogens (tertiary/aromatic N) is 3. The second-order valence-electron chi connectivity index (χ2n) is 6.93. The quantitative estimate of drug-likeness (QED) is 0.469. The topological polar surface area (TPSA) is 49.6 Å². The van der Waals surface area contributed by atoms with Gasteiger partial charge in [0.1, 0.15) is 4.90 Å².